The Balaban J connectivity index is 1.53. The minimum absolute atomic E-state index is 0.286. The molecule has 26 heavy (non-hydrogen) atoms. The molecule has 0 atom stereocenters. The molecule has 0 aliphatic heterocycles. The Labute approximate surface area is 151 Å². The Hall–Kier alpha value is -3.54. The van der Waals surface area contributed by atoms with Crippen LogP contribution in [0.3, 0.4) is 0 Å². The van der Waals surface area contributed by atoms with Crippen LogP contribution in [-0.4, -0.2) is 18.1 Å². The highest BCUT2D eigenvalue weighted by Crippen LogP contribution is 2.20. The number of urea groups is 1. The Morgan fingerprint density at radius 2 is 1.85 bits per heavy atom. The summed E-state index contributed by atoms with van der Waals surface area (Å²) in [5, 5.41) is 5.59. The van der Waals surface area contributed by atoms with Gasteiger partial charge in [-0.2, -0.15) is 0 Å². The molecule has 3 aromatic rings. The topological polar surface area (TPSA) is 72.5 Å². The van der Waals surface area contributed by atoms with Gasteiger partial charge in [-0.3, -0.25) is 0 Å². The molecule has 2 N–H and O–H groups in total. The van der Waals surface area contributed by atoms with Gasteiger partial charge in [0.2, 0.25) is 5.88 Å². The number of carbonyl (C=O) groups is 1. The molecule has 0 saturated carbocycles. The monoisotopic (exact) mass is 349 g/mol. The van der Waals surface area contributed by atoms with Crippen LogP contribution in [0.4, 0.5) is 10.5 Å². The highest BCUT2D eigenvalue weighted by atomic mass is 16.5. The number of anilines is 1. The van der Waals surface area contributed by atoms with Crippen LogP contribution >= 0.6 is 0 Å². The fraction of sp³-hybridized carbons (Fsp3) is 0.100. The highest BCUT2D eigenvalue weighted by molar-refractivity contribution is 5.89. The fourth-order valence-electron chi connectivity index (χ4n) is 2.28. The van der Waals surface area contributed by atoms with Crippen LogP contribution < -0.4 is 20.1 Å². The van der Waals surface area contributed by atoms with Crippen LogP contribution in [0.1, 0.15) is 5.56 Å². The summed E-state index contributed by atoms with van der Waals surface area (Å²) < 4.78 is 10.8. The van der Waals surface area contributed by atoms with Crippen molar-refractivity contribution in [2.45, 2.75) is 6.54 Å². The summed E-state index contributed by atoms with van der Waals surface area (Å²) in [6.07, 6.45) is 1.67. The summed E-state index contributed by atoms with van der Waals surface area (Å²) >= 11 is 0. The molecule has 1 heterocycles. The molecule has 0 bridgehead atoms. The summed E-state index contributed by atoms with van der Waals surface area (Å²) in [7, 11) is 1.60. The van der Waals surface area contributed by atoms with Crippen molar-refractivity contribution in [2.75, 3.05) is 12.4 Å². The molecule has 6 heteroatoms. The highest BCUT2D eigenvalue weighted by Gasteiger charge is 2.04. The van der Waals surface area contributed by atoms with Crippen molar-refractivity contribution in [3.05, 3.63) is 78.5 Å². The van der Waals surface area contributed by atoms with E-state index < -0.39 is 0 Å². The molecule has 0 aliphatic carbocycles. The number of nitrogens with one attached hydrogen (secondary N) is 2. The normalized spacial score (nSPS) is 10.0. The maximum Gasteiger partial charge on any atom is 0.319 e. The molecule has 0 fully saturated rings. The third kappa shape index (κ3) is 4.98. The van der Waals surface area contributed by atoms with E-state index in [1.165, 1.54) is 0 Å². The van der Waals surface area contributed by atoms with Gasteiger partial charge in [0.15, 0.2) is 0 Å². The molecule has 0 aliphatic rings. The lowest BCUT2D eigenvalue weighted by Gasteiger charge is -2.10. The van der Waals surface area contributed by atoms with Crippen LogP contribution in [-0.2, 0) is 6.54 Å². The second-order valence-corrected chi connectivity index (χ2v) is 5.45. The molecule has 0 unspecified atom stereocenters. The van der Waals surface area contributed by atoms with Crippen molar-refractivity contribution in [1.29, 1.82) is 0 Å². The first-order valence-electron chi connectivity index (χ1n) is 8.10. The molecule has 1 aromatic heterocycles. The van der Waals surface area contributed by atoms with Crippen LogP contribution in [0.2, 0.25) is 0 Å². The number of nitrogens with zero attached hydrogens (tertiary/aromatic N) is 1. The van der Waals surface area contributed by atoms with Crippen molar-refractivity contribution in [2.24, 2.45) is 0 Å². The van der Waals surface area contributed by atoms with Gasteiger partial charge in [0, 0.05) is 24.5 Å². The molecule has 0 spiro atoms. The Morgan fingerprint density at radius 3 is 2.58 bits per heavy atom. The van der Waals surface area contributed by atoms with Crippen molar-refractivity contribution in [1.82, 2.24) is 10.3 Å². The first kappa shape index (κ1) is 17.3. The number of aromatic nitrogens is 1. The summed E-state index contributed by atoms with van der Waals surface area (Å²) in [5.41, 5.74) is 1.61. The smallest absolute Gasteiger partial charge is 0.319 e. The van der Waals surface area contributed by atoms with E-state index in [1.54, 1.807) is 43.6 Å². The van der Waals surface area contributed by atoms with E-state index in [0.29, 0.717) is 23.9 Å². The number of methoxy groups -OCH3 is 1. The number of ether oxygens (including phenoxy) is 2. The van der Waals surface area contributed by atoms with E-state index in [-0.39, 0.29) is 6.03 Å². The third-order valence-electron chi connectivity index (χ3n) is 3.56. The number of benzene rings is 2. The summed E-state index contributed by atoms with van der Waals surface area (Å²) in [6.45, 7) is 0.376. The third-order valence-corrected chi connectivity index (χ3v) is 3.56. The van der Waals surface area contributed by atoms with E-state index in [0.717, 1.165) is 11.3 Å². The zero-order valence-electron chi connectivity index (χ0n) is 14.3. The SMILES string of the molecule is COc1ccc(NC(=O)NCc2cccc(Oc3ccccn3)c2)cc1. The summed E-state index contributed by atoms with van der Waals surface area (Å²) in [5.74, 6) is 1.93. The van der Waals surface area contributed by atoms with Crippen molar-refractivity contribution >= 4 is 11.7 Å². The van der Waals surface area contributed by atoms with Gasteiger partial charge in [0.1, 0.15) is 11.5 Å². The minimum Gasteiger partial charge on any atom is -0.497 e. The minimum atomic E-state index is -0.286. The van der Waals surface area contributed by atoms with Gasteiger partial charge >= 0.3 is 6.03 Å². The largest absolute Gasteiger partial charge is 0.497 e. The number of hydrogen-bond donors (Lipinski definition) is 2. The summed E-state index contributed by atoms with van der Waals surface area (Å²) in [6, 6.07) is 19.8. The molecule has 3 rings (SSSR count). The lowest BCUT2D eigenvalue weighted by atomic mass is 10.2. The van der Waals surface area contributed by atoms with Crippen LogP contribution in [0.25, 0.3) is 0 Å². The maximum atomic E-state index is 12.0. The quantitative estimate of drug-likeness (QED) is 0.699. The average molecular weight is 349 g/mol. The molecule has 6 nitrogen and oxygen atoms in total. The van der Waals surface area contributed by atoms with Crippen molar-refractivity contribution in [3.8, 4) is 17.4 Å². The van der Waals surface area contributed by atoms with Crippen LogP contribution in [0.15, 0.2) is 72.9 Å². The van der Waals surface area contributed by atoms with E-state index in [9.17, 15) is 4.79 Å². The second kappa shape index (κ2) is 8.53. The van der Waals surface area contributed by atoms with E-state index in [4.69, 9.17) is 9.47 Å². The standard InChI is InChI=1S/C20H19N3O3/c1-25-17-10-8-16(9-11-17)23-20(24)22-14-15-5-4-6-18(13-15)26-19-7-2-3-12-21-19/h2-13H,14H2,1H3,(H2,22,23,24). The number of carbonyl (C=O) groups excluding carboxylic acids is 1. The molecular weight excluding hydrogens is 330 g/mol. The predicted octanol–water partition coefficient (Wildman–Crippen LogP) is 4.20. The lowest BCUT2D eigenvalue weighted by molar-refractivity contribution is 0.251. The Morgan fingerprint density at radius 1 is 1.00 bits per heavy atom. The molecule has 0 radical (unpaired) electrons. The van der Waals surface area contributed by atoms with Crippen LogP contribution in [0, 0.1) is 0 Å². The molecule has 2 amide bonds. The van der Waals surface area contributed by atoms with E-state index in [1.807, 2.05) is 36.4 Å². The molecule has 132 valence electrons. The molecule has 0 saturated heterocycles. The molecular formula is C20H19N3O3. The van der Waals surface area contributed by atoms with Crippen molar-refractivity contribution in [3.63, 3.8) is 0 Å². The number of hydrogen-bond acceptors (Lipinski definition) is 4. The average Bonchev–Trinajstić information content (AvgIpc) is 2.68. The predicted molar refractivity (Wildman–Crippen MR) is 99.6 cm³/mol. The molecule has 2 aromatic carbocycles. The number of rotatable bonds is 6. The lowest BCUT2D eigenvalue weighted by Crippen LogP contribution is -2.28. The van der Waals surface area contributed by atoms with E-state index in [2.05, 4.69) is 15.6 Å². The van der Waals surface area contributed by atoms with Gasteiger partial charge in [0.25, 0.3) is 0 Å². The second-order valence-electron chi connectivity index (χ2n) is 5.45. The Kier molecular flexibility index (Phi) is 5.67. The maximum absolute atomic E-state index is 12.0. The number of pyridine rings is 1. The zero-order chi connectivity index (χ0) is 18.2. The van der Waals surface area contributed by atoms with Gasteiger partial charge < -0.3 is 20.1 Å². The zero-order valence-corrected chi connectivity index (χ0v) is 14.3. The van der Waals surface area contributed by atoms with Gasteiger partial charge in [-0.15, -0.1) is 0 Å². The number of amides is 2. The van der Waals surface area contributed by atoms with Gasteiger partial charge in [-0.1, -0.05) is 18.2 Å². The first-order valence-corrected chi connectivity index (χ1v) is 8.10. The van der Waals surface area contributed by atoms with Crippen molar-refractivity contribution < 1.29 is 14.3 Å². The summed E-state index contributed by atoms with van der Waals surface area (Å²) in [4.78, 5) is 16.1. The Bertz CT molecular complexity index is 852. The fourth-order valence-corrected chi connectivity index (χ4v) is 2.28. The van der Waals surface area contributed by atoms with E-state index >= 15 is 0 Å². The van der Waals surface area contributed by atoms with Gasteiger partial charge in [0.05, 0.1) is 7.11 Å². The van der Waals surface area contributed by atoms with Gasteiger partial charge in [-0.25, -0.2) is 9.78 Å². The van der Waals surface area contributed by atoms with Crippen LogP contribution in [0.5, 0.6) is 17.4 Å². The first-order chi connectivity index (χ1) is 12.7. The van der Waals surface area contributed by atoms with Gasteiger partial charge in [-0.05, 0) is 48.0 Å².